The molecule has 128 valence electrons. The first-order valence-electron chi connectivity index (χ1n) is 9.41. The van der Waals surface area contributed by atoms with Gasteiger partial charge in [-0.3, -0.25) is 9.80 Å². The van der Waals surface area contributed by atoms with Crippen molar-refractivity contribution in [2.24, 2.45) is 0 Å². The van der Waals surface area contributed by atoms with Crippen LogP contribution in [0.2, 0.25) is 0 Å². The molecule has 0 spiro atoms. The molecule has 0 amide bonds. The van der Waals surface area contributed by atoms with Gasteiger partial charge in [-0.25, -0.2) is 0 Å². The van der Waals surface area contributed by atoms with E-state index in [2.05, 4.69) is 41.0 Å². The largest absolute Gasteiger partial charge is 0.396 e. The number of hydrogen-bond donors (Lipinski definition) is 1. The predicted molar refractivity (Wildman–Crippen MR) is 95.5 cm³/mol. The molecule has 23 heavy (non-hydrogen) atoms. The molecule has 3 rings (SSSR count). The van der Waals surface area contributed by atoms with Gasteiger partial charge >= 0.3 is 0 Å². The average molecular weight is 316 g/mol. The Hall–Kier alpha value is -0.900. The molecular weight excluding hydrogens is 284 g/mol. The number of aliphatic hydroxyl groups excluding tert-OH is 1. The summed E-state index contributed by atoms with van der Waals surface area (Å²) in [5.74, 6) is 0. The molecule has 1 saturated heterocycles. The summed E-state index contributed by atoms with van der Waals surface area (Å²) in [4.78, 5) is 5.31. The Bertz CT molecular complexity index is 484. The van der Waals surface area contributed by atoms with E-state index in [0.717, 1.165) is 32.1 Å². The van der Waals surface area contributed by atoms with E-state index in [-0.39, 0.29) is 0 Å². The lowest BCUT2D eigenvalue weighted by Crippen LogP contribution is -2.56. The summed E-state index contributed by atoms with van der Waals surface area (Å²) in [6, 6.07) is 10.0. The highest BCUT2D eigenvalue weighted by atomic mass is 16.3. The van der Waals surface area contributed by atoms with Crippen molar-refractivity contribution in [1.29, 1.82) is 0 Å². The van der Waals surface area contributed by atoms with Gasteiger partial charge in [0.25, 0.3) is 0 Å². The maximum atomic E-state index is 9.51. The molecule has 1 saturated carbocycles. The summed E-state index contributed by atoms with van der Waals surface area (Å²) >= 11 is 0. The lowest BCUT2D eigenvalue weighted by atomic mass is 9.91. The lowest BCUT2D eigenvalue weighted by molar-refractivity contribution is 0.0136. The summed E-state index contributed by atoms with van der Waals surface area (Å²) in [6.45, 7) is 7.00. The van der Waals surface area contributed by atoms with E-state index in [1.165, 1.54) is 49.8 Å². The van der Waals surface area contributed by atoms with Crippen molar-refractivity contribution in [2.45, 2.75) is 64.1 Å². The summed E-state index contributed by atoms with van der Waals surface area (Å²) in [5, 5.41) is 9.51. The molecule has 1 aliphatic carbocycles. The Balaban J connectivity index is 1.62. The van der Waals surface area contributed by atoms with Gasteiger partial charge < -0.3 is 5.11 Å². The van der Waals surface area contributed by atoms with Crippen molar-refractivity contribution < 1.29 is 5.11 Å². The normalized spacial score (nSPS) is 24.9. The van der Waals surface area contributed by atoms with Gasteiger partial charge in [-0.15, -0.1) is 0 Å². The molecule has 0 bridgehead atoms. The van der Waals surface area contributed by atoms with E-state index in [9.17, 15) is 5.11 Å². The van der Waals surface area contributed by atoms with E-state index in [0.29, 0.717) is 12.6 Å². The molecule has 1 aliphatic heterocycles. The van der Waals surface area contributed by atoms with Crippen LogP contribution in [0.5, 0.6) is 0 Å². The van der Waals surface area contributed by atoms with Crippen molar-refractivity contribution in [3.05, 3.63) is 35.4 Å². The fourth-order valence-electron chi connectivity index (χ4n) is 4.41. The molecular formula is C20H32N2O. The van der Waals surface area contributed by atoms with Gasteiger partial charge in [-0.05, 0) is 37.3 Å². The Kier molecular flexibility index (Phi) is 6.09. The highest BCUT2D eigenvalue weighted by Gasteiger charge is 2.32. The van der Waals surface area contributed by atoms with Crippen molar-refractivity contribution in [1.82, 2.24) is 9.80 Å². The Labute approximate surface area is 141 Å². The molecule has 0 radical (unpaired) electrons. The van der Waals surface area contributed by atoms with Crippen LogP contribution in [0.25, 0.3) is 0 Å². The number of piperazine rings is 1. The molecule has 2 fully saturated rings. The predicted octanol–water partition coefficient (Wildman–Crippen LogP) is 3.20. The Morgan fingerprint density at radius 1 is 1.09 bits per heavy atom. The van der Waals surface area contributed by atoms with Crippen LogP contribution in [0.4, 0.5) is 0 Å². The van der Waals surface area contributed by atoms with Crippen LogP contribution in [0.3, 0.4) is 0 Å². The quantitative estimate of drug-likeness (QED) is 0.904. The van der Waals surface area contributed by atoms with E-state index < -0.39 is 0 Å². The minimum atomic E-state index is 0.312. The van der Waals surface area contributed by atoms with Crippen LogP contribution >= 0.6 is 0 Å². The van der Waals surface area contributed by atoms with Crippen LogP contribution in [-0.2, 0) is 6.54 Å². The zero-order chi connectivity index (χ0) is 16.1. The van der Waals surface area contributed by atoms with Crippen molar-refractivity contribution in [3.63, 3.8) is 0 Å². The van der Waals surface area contributed by atoms with Crippen LogP contribution in [0, 0.1) is 6.92 Å². The number of benzene rings is 1. The topological polar surface area (TPSA) is 26.7 Å². The fourth-order valence-corrected chi connectivity index (χ4v) is 4.41. The minimum absolute atomic E-state index is 0.312. The summed E-state index contributed by atoms with van der Waals surface area (Å²) < 4.78 is 0. The second-order valence-electron chi connectivity index (χ2n) is 7.36. The molecule has 1 N–H and O–H groups in total. The third-order valence-electron chi connectivity index (χ3n) is 5.77. The van der Waals surface area contributed by atoms with Crippen LogP contribution in [0.1, 0.15) is 49.7 Å². The van der Waals surface area contributed by atoms with E-state index in [4.69, 9.17) is 0 Å². The summed E-state index contributed by atoms with van der Waals surface area (Å²) in [5.41, 5.74) is 2.84. The lowest BCUT2D eigenvalue weighted by Gasteiger charge is -2.46. The molecule has 2 aliphatic rings. The molecule has 3 nitrogen and oxygen atoms in total. The van der Waals surface area contributed by atoms with Crippen molar-refractivity contribution >= 4 is 0 Å². The second kappa shape index (κ2) is 8.27. The molecule has 0 aromatic heterocycles. The fraction of sp³-hybridized carbons (Fsp3) is 0.700. The summed E-state index contributed by atoms with van der Waals surface area (Å²) in [7, 11) is 0. The number of aliphatic hydroxyl groups is 1. The van der Waals surface area contributed by atoms with E-state index >= 15 is 0 Å². The Morgan fingerprint density at radius 3 is 2.61 bits per heavy atom. The third kappa shape index (κ3) is 4.34. The average Bonchev–Trinajstić information content (AvgIpc) is 2.58. The van der Waals surface area contributed by atoms with Gasteiger partial charge in [0.1, 0.15) is 0 Å². The molecule has 1 atom stereocenters. The zero-order valence-corrected chi connectivity index (χ0v) is 14.6. The Morgan fingerprint density at radius 2 is 1.87 bits per heavy atom. The minimum Gasteiger partial charge on any atom is -0.396 e. The summed E-state index contributed by atoms with van der Waals surface area (Å²) in [6.07, 6.45) is 7.83. The van der Waals surface area contributed by atoms with E-state index in [1.54, 1.807) is 0 Å². The first-order valence-corrected chi connectivity index (χ1v) is 9.41. The number of nitrogens with zero attached hydrogens (tertiary/aromatic N) is 2. The van der Waals surface area contributed by atoms with Gasteiger partial charge in [0, 0.05) is 44.9 Å². The molecule has 1 aromatic rings. The van der Waals surface area contributed by atoms with Gasteiger partial charge in [0.15, 0.2) is 0 Å². The van der Waals surface area contributed by atoms with Crippen molar-refractivity contribution in [3.8, 4) is 0 Å². The van der Waals surface area contributed by atoms with E-state index in [1.807, 2.05) is 0 Å². The van der Waals surface area contributed by atoms with Gasteiger partial charge in [0.05, 0.1) is 0 Å². The molecule has 3 heteroatoms. The highest BCUT2D eigenvalue weighted by Crippen LogP contribution is 2.27. The second-order valence-corrected chi connectivity index (χ2v) is 7.36. The van der Waals surface area contributed by atoms with Crippen LogP contribution in [0.15, 0.2) is 24.3 Å². The zero-order valence-electron chi connectivity index (χ0n) is 14.6. The molecule has 1 heterocycles. The number of rotatable bonds is 5. The third-order valence-corrected chi connectivity index (χ3v) is 5.77. The van der Waals surface area contributed by atoms with Gasteiger partial charge in [-0.1, -0.05) is 43.5 Å². The molecule has 0 unspecified atom stereocenters. The number of aryl methyl sites for hydroxylation is 1. The highest BCUT2D eigenvalue weighted by molar-refractivity contribution is 5.25. The first-order chi connectivity index (χ1) is 11.3. The smallest absolute Gasteiger partial charge is 0.0446 e. The van der Waals surface area contributed by atoms with Crippen LogP contribution in [-0.4, -0.2) is 53.2 Å². The van der Waals surface area contributed by atoms with Gasteiger partial charge in [-0.2, -0.15) is 0 Å². The van der Waals surface area contributed by atoms with Gasteiger partial charge in [0.2, 0.25) is 0 Å². The maximum Gasteiger partial charge on any atom is 0.0446 e. The van der Waals surface area contributed by atoms with Crippen molar-refractivity contribution in [2.75, 3.05) is 26.2 Å². The van der Waals surface area contributed by atoms with Crippen LogP contribution < -0.4 is 0 Å². The maximum absolute atomic E-state index is 9.51. The molecule has 1 aromatic carbocycles. The first kappa shape index (κ1) is 16.9. The SMILES string of the molecule is Cc1ccccc1CN1CCN(C2CCCCC2)[C@H](CCO)C1. The number of hydrogen-bond acceptors (Lipinski definition) is 3. The standard InChI is InChI=1S/C20H32N2O/c1-17-7-5-6-8-18(17)15-21-12-13-22(20(16-21)11-14-23)19-9-3-2-4-10-19/h5-8,19-20,23H,2-4,9-16H2,1H3/t20-/m1/s1. The monoisotopic (exact) mass is 316 g/mol.